The predicted molar refractivity (Wildman–Crippen MR) is 68.5 cm³/mol. The Morgan fingerprint density at radius 3 is 2.35 bits per heavy atom. The molecule has 2 N–H and O–H groups in total. The zero-order valence-corrected chi connectivity index (χ0v) is 10.6. The highest BCUT2D eigenvalue weighted by Gasteiger charge is 2.41. The molecule has 0 bridgehead atoms. The molecule has 1 aliphatic rings. The third-order valence-corrected chi connectivity index (χ3v) is 3.52. The maximum atomic E-state index is 12.6. The van der Waals surface area contributed by atoms with E-state index in [2.05, 4.69) is 0 Å². The van der Waals surface area contributed by atoms with Crippen molar-refractivity contribution in [1.82, 2.24) is 0 Å². The van der Waals surface area contributed by atoms with Crippen LogP contribution in [0, 0.1) is 16.0 Å². The zero-order valence-electron chi connectivity index (χ0n) is 10.6. The topological polar surface area (TPSA) is 72.4 Å². The number of nitrogen functional groups attached to an aromatic ring is 1. The molecule has 0 aromatic heterocycles. The SMILES string of the molecule is Nc1cc([N+](=O)[O-])ccc1N1CCC(C(F)(F)F)CC1. The Morgan fingerprint density at radius 1 is 1.30 bits per heavy atom. The van der Waals surface area contributed by atoms with Crippen molar-refractivity contribution in [3.05, 3.63) is 28.3 Å². The number of nitrogens with zero attached hydrogens (tertiary/aromatic N) is 2. The summed E-state index contributed by atoms with van der Waals surface area (Å²) < 4.78 is 37.7. The maximum absolute atomic E-state index is 12.6. The number of anilines is 2. The van der Waals surface area contributed by atoms with Gasteiger partial charge in [0.1, 0.15) is 0 Å². The molecule has 1 heterocycles. The summed E-state index contributed by atoms with van der Waals surface area (Å²) in [6.45, 7) is 0.484. The van der Waals surface area contributed by atoms with Gasteiger partial charge in [0.05, 0.1) is 22.2 Å². The molecule has 8 heteroatoms. The van der Waals surface area contributed by atoms with E-state index in [-0.39, 0.29) is 37.3 Å². The van der Waals surface area contributed by atoms with Crippen molar-refractivity contribution in [3.8, 4) is 0 Å². The van der Waals surface area contributed by atoms with Crippen molar-refractivity contribution >= 4 is 17.1 Å². The van der Waals surface area contributed by atoms with Crippen LogP contribution in [0.1, 0.15) is 12.8 Å². The summed E-state index contributed by atoms with van der Waals surface area (Å²) in [6.07, 6.45) is -4.13. The summed E-state index contributed by atoms with van der Waals surface area (Å²) in [5, 5.41) is 10.6. The number of nitro benzene ring substituents is 1. The molecule has 0 amide bonds. The van der Waals surface area contributed by atoms with Crippen LogP contribution in [0.4, 0.5) is 30.2 Å². The lowest BCUT2D eigenvalue weighted by Gasteiger charge is -2.34. The number of nitrogens with two attached hydrogens (primary N) is 1. The Morgan fingerprint density at radius 2 is 1.90 bits per heavy atom. The van der Waals surface area contributed by atoms with E-state index in [1.54, 1.807) is 4.90 Å². The fraction of sp³-hybridized carbons (Fsp3) is 0.500. The van der Waals surface area contributed by atoms with Gasteiger partial charge in [0.2, 0.25) is 0 Å². The van der Waals surface area contributed by atoms with Gasteiger partial charge in [-0.15, -0.1) is 0 Å². The molecule has 0 radical (unpaired) electrons. The summed E-state index contributed by atoms with van der Waals surface area (Å²) in [7, 11) is 0. The first-order valence-corrected chi connectivity index (χ1v) is 6.14. The monoisotopic (exact) mass is 289 g/mol. The van der Waals surface area contributed by atoms with Crippen LogP contribution >= 0.6 is 0 Å². The number of hydrogen-bond donors (Lipinski definition) is 1. The summed E-state index contributed by atoms with van der Waals surface area (Å²) in [6, 6.07) is 4.02. The Labute approximate surface area is 113 Å². The second-order valence-corrected chi connectivity index (χ2v) is 4.80. The molecule has 5 nitrogen and oxygen atoms in total. The van der Waals surface area contributed by atoms with Gasteiger partial charge in [0.25, 0.3) is 5.69 Å². The van der Waals surface area contributed by atoms with Crippen LogP contribution in [0.3, 0.4) is 0 Å². The van der Waals surface area contributed by atoms with Crippen LogP contribution < -0.4 is 10.6 Å². The molecule has 20 heavy (non-hydrogen) atoms. The average molecular weight is 289 g/mol. The standard InChI is InChI=1S/C12H14F3N3O2/c13-12(14,15)8-3-5-17(6-4-8)11-2-1-9(18(19)20)7-10(11)16/h1-2,7-8H,3-6,16H2. The Balaban J connectivity index is 2.09. The molecular weight excluding hydrogens is 275 g/mol. The van der Waals surface area contributed by atoms with E-state index >= 15 is 0 Å². The molecule has 0 spiro atoms. The second-order valence-electron chi connectivity index (χ2n) is 4.80. The number of hydrogen-bond acceptors (Lipinski definition) is 4. The first-order valence-electron chi connectivity index (χ1n) is 6.14. The van der Waals surface area contributed by atoms with Crippen molar-refractivity contribution in [1.29, 1.82) is 0 Å². The lowest BCUT2D eigenvalue weighted by molar-refractivity contribution is -0.384. The second kappa shape index (κ2) is 5.18. The van der Waals surface area contributed by atoms with E-state index in [0.29, 0.717) is 5.69 Å². The van der Waals surface area contributed by atoms with E-state index in [1.165, 1.54) is 18.2 Å². The van der Waals surface area contributed by atoms with Crippen LogP contribution in [-0.4, -0.2) is 24.2 Å². The van der Waals surface area contributed by atoms with Crippen molar-refractivity contribution in [2.24, 2.45) is 5.92 Å². The minimum absolute atomic E-state index is 0.0138. The number of piperidine rings is 1. The van der Waals surface area contributed by atoms with Gasteiger partial charge in [0, 0.05) is 25.2 Å². The molecule has 1 aromatic carbocycles. The van der Waals surface area contributed by atoms with Crippen LogP contribution in [0.5, 0.6) is 0 Å². The first kappa shape index (κ1) is 14.4. The Hall–Kier alpha value is -1.99. The number of benzene rings is 1. The lowest BCUT2D eigenvalue weighted by atomic mass is 9.96. The third kappa shape index (κ3) is 2.94. The fourth-order valence-electron chi connectivity index (χ4n) is 2.39. The van der Waals surface area contributed by atoms with Gasteiger partial charge in [-0.3, -0.25) is 10.1 Å². The van der Waals surface area contributed by atoms with E-state index in [0.717, 1.165) is 0 Å². The van der Waals surface area contributed by atoms with E-state index in [9.17, 15) is 23.3 Å². The van der Waals surface area contributed by atoms with Gasteiger partial charge >= 0.3 is 6.18 Å². The third-order valence-electron chi connectivity index (χ3n) is 3.52. The molecule has 1 fully saturated rings. The number of alkyl halides is 3. The van der Waals surface area contributed by atoms with Gasteiger partial charge in [-0.2, -0.15) is 13.2 Å². The van der Waals surface area contributed by atoms with Crippen LogP contribution in [-0.2, 0) is 0 Å². The van der Waals surface area contributed by atoms with Crippen molar-refractivity contribution < 1.29 is 18.1 Å². The van der Waals surface area contributed by atoms with Crippen LogP contribution in [0.25, 0.3) is 0 Å². The molecule has 1 aromatic rings. The van der Waals surface area contributed by atoms with Crippen LogP contribution in [0.2, 0.25) is 0 Å². The minimum atomic E-state index is -4.16. The first-order chi connectivity index (χ1) is 9.29. The van der Waals surface area contributed by atoms with Gasteiger partial charge in [0.15, 0.2) is 0 Å². The maximum Gasteiger partial charge on any atom is 0.391 e. The molecule has 110 valence electrons. The van der Waals surface area contributed by atoms with Gasteiger partial charge in [-0.25, -0.2) is 0 Å². The fourth-order valence-corrected chi connectivity index (χ4v) is 2.39. The summed E-state index contributed by atoms with van der Waals surface area (Å²) in [5.41, 5.74) is 6.38. The highest BCUT2D eigenvalue weighted by molar-refractivity contribution is 5.70. The smallest absolute Gasteiger partial charge is 0.391 e. The number of nitro groups is 1. The normalized spacial score (nSPS) is 17.2. The number of halogens is 3. The quantitative estimate of drug-likeness (QED) is 0.516. The van der Waals surface area contributed by atoms with Crippen molar-refractivity contribution in [3.63, 3.8) is 0 Å². The van der Waals surface area contributed by atoms with Gasteiger partial charge < -0.3 is 10.6 Å². The highest BCUT2D eigenvalue weighted by atomic mass is 19.4. The predicted octanol–water partition coefficient (Wildman–Crippen LogP) is 2.96. The van der Waals surface area contributed by atoms with E-state index < -0.39 is 17.0 Å². The largest absolute Gasteiger partial charge is 0.397 e. The van der Waals surface area contributed by atoms with Crippen molar-refractivity contribution in [2.45, 2.75) is 19.0 Å². The summed E-state index contributed by atoms with van der Waals surface area (Å²) in [4.78, 5) is 11.8. The molecule has 1 saturated heterocycles. The lowest BCUT2D eigenvalue weighted by Crippen LogP contribution is -2.39. The molecule has 0 unspecified atom stereocenters. The van der Waals surface area contributed by atoms with Gasteiger partial charge in [-0.05, 0) is 18.9 Å². The molecule has 0 atom stereocenters. The Kier molecular flexibility index (Phi) is 3.74. The highest BCUT2D eigenvalue weighted by Crippen LogP contribution is 2.37. The number of rotatable bonds is 2. The van der Waals surface area contributed by atoms with Crippen LogP contribution in [0.15, 0.2) is 18.2 Å². The average Bonchev–Trinajstić information content (AvgIpc) is 2.37. The molecule has 0 aliphatic carbocycles. The van der Waals surface area contributed by atoms with Crippen molar-refractivity contribution in [2.75, 3.05) is 23.7 Å². The van der Waals surface area contributed by atoms with Gasteiger partial charge in [-0.1, -0.05) is 0 Å². The minimum Gasteiger partial charge on any atom is -0.397 e. The summed E-state index contributed by atoms with van der Waals surface area (Å²) in [5.74, 6) is -1.28. The zero-order chi connectivity index (χ0) is 14.9. The number of non-ortho nitro benzene ring substituents is 1. The molecule has 0 saturated carbocycles. The molecule has 2 rings (SSSR count). The summed E-state index contributed by atoms with van der Waals surface area (Å²) >= 11 is 0. The van der Waals surface area contributed by atoms with E-state index in [4.69, 9.17) is 5.73 Å². The van der Waals surface area contributed by atoms with E-state index in [1.807, 2.05) is 0 Å². The molecular formula is C12H14F3N3O2. The molecule has 1 aliphatic heterocycles. The Bertz CT molecular complexity index is 511.